The zero-order chi connectivity index (χ0) is 15.1. The topological polar surface area (TPSA) is 55.8 Å². The fraction of sp³-hybridized carbons (Fsp3) is 0.235. The van der Waals surface area contributed by atoms with E-state index >= 15 is 0 Å². The summed E-state index contributed by atoms with van der Waals surface area (Å²) in [5.74, 6) is 0.418. The number of aliphatic hydroxyl groups excluding tert-OH is 1. The van der Waals surface area contributed by atoms with Gasteiger partial charge in [-0.2, -0.15) is 0 Å². The Bertz CT molecular complexity index is 590. The van der Waals surface area contributed by atoms with Crippen LogP contribution in [0.1, 0.15) is 12.5 Å². The molecule has 110 valence electrons. The first-order valence-electron chi connectivity index (χ1n) is 6.75. The van der Waals surface area contributed by atoms with Gasteiger partial charge in [0, 0.05) is 6.92 Å². The highest BCUT2D eigenvalue weighted by atomic mass is 16.6. The van der Waals surface area contributed by atoms with E-state index in [1.165, 1.54) is 6.92 Å². The molecule has 4 nitrogen and oxygen atoms in total. The van der Waals surface area contributed by atoms with Crippen LogP contribution in [0.4, 0.5) is 0 Å². The predicted molar refractivity (Wildman–Crippen MR) is 79.9 cm³/mol. The lowest BCUT2D eigenvalue weighted by molar-refractivity contribution is -0.141. The Morgan fingerprint density at radius 3 is 2.48 bits per heavy atom. The van der Waals surface area contributed by atoms with Gasteiger partial charge in [0.05, 0.1) is 6.61 Å². The fourth-order valence-corrected chi connectivity index (χ4v) is 1.94. The van der Waals surface area contributed by atoms with Crippen LogP contribution >= 0.6 is 0 Å². The SMILES string of the molecule is CC(=O)OCCOc1ccc(-c2cccc(CO)c2)cc1. The van der Waals surface area contributed by atoms with E-state index in [0.717, 1.165) is 22.4 Å². The average Bonchev–Trinajstić information content (AvgIpc) is 2.52. The lowest BCUT2D eigenvalue weighted by Crippen LogP contribution is -2.09. The average molecular weight is 286 g/mol. The lowest BCUT2D eigenvalue weighted by atomic mass is 10.0. The molecule has 4 heteroatoms. The molecular weight excluding hydrogens is 268 g/mol. The molecular formula is C17H18O4. The van der Waals surface area contributed by atoms with Crippen molar-refractivity contribution in [2.24, 2.45) is 0 Å². The lowest BCUT2D eigenvalue weighted by Gasteiger charge is -2.08. The van der Waals surface area contributed by atoms with E-state index in [9.17, 15) is 4.79 Å². The van der Waals surface area contributed by atoms with Gasteiger partial charge in [-0.3, -0.25) is 4.79 Å². The van der Waals surface area contributed by atoms with Gasteiger partial charge in [-0.05, 0) is 34.9 Å². The Balaban J connectivity index is 1.96. The maximum atomic E-state index is 10.6. The van der Waals surface area contributed by atoms with Gasteiger partial charge in [-0.25, -0.2) is 0 Å². The van der Waals surface area contributed by atoms with Crippen molar-refractivity contribution in [1.82, 2.24) is 0 Å². The summed E-state index contributed by atoms with van der Waals surface area (Å²) in [6.07, 6.45) is 0. The molecule has 0 atom stereocenters. The van der Waals surface area contributed by atoms with E-state index in [1.54, 1.807) is 0 Å². The van der Waals surface area contributed by atoms with Gasteiger partial charge in [-0.15, -0.1) is 0 Å². The van der Waals surface area contributed by atoms with Gasteiger partial charge in [0.1, 0.15) is 19.0 Å². The molecule has 0 saturated carbocycles. The van der Waals surface area contributed by atoms with Crippen LogP contribution in [0.15, 0.2) is 48.5 Å². The van der Waals surface area contributed by atoms with E-state index in [0.29, 0.717) is 6.61 Å². The number of hydrogen-bond donors (Lipinski definition) is 1. The summed E-state index contributed by atoms with van der Waals surface area (Å²) < 4.78 is 10.3. The van der Waals surface area contributed by atoms with E-state index in [2.05, 4.69) is 0 Å². The first kappa shape index (κ1) is 15.1. The smallest absolute Gasteiger partial charge is 0.302 e. The molecule has 0 unspecified atom stereocenters. The Kier molecular flexibility index (Phi) is 5.35. The first-order chi connectivity index (χ1) is 10.2. The van der Waals surface area contributed by atoms with Crippen molar-refractivity contribution < 1.29 is 19.4 Å². The van der Waals surface area contributed by atoms with Crippen molar-refractivity contribution in [1.29, 1.82) is 0 Å². The maximum absolute atomic E-state index is 10.6. The molecule has 0 aliphatic heterocycles. The van der Waals surface area contributed by atoms with Crippen molar-refractivity contribution in [3.05, 3.63) is 54.1 Å². The summed E-state index contributed by atoms with van der Waals surface area (Å²) in [6, 6.07) is 15.4. The van der Waals surface area contributed by atoms with Crippen molar-refractivity contribution >= 4 is 5.97 Å². The molecule has 2 rings (SSSR count). The first-order valence-corrected chi connectivity index (χ1v) is 6.75. The Morgan fingerprint density at radius 2 is 1.81 bits per heavy atom. The highest BCUT2D eigenvalue weighted by Crippen LogP contribution is 2.23. The molecule has 21 heavy (non-hydrogen) atoms. The third kappa shape index (κ3) is 4.61. The van der Waals surface area contributed by atoms with Crippen LogP contribution in [0.25, 0.3) is 11.1 Å². The number of rotatable bonds is 6. The number of aliphatic hydroxyl groups is 1. The molecule has 0 bridgehead atoms. The van der Waals surface area contributed by atoms with Gasteiger partial charge in [0.25, 0.3) is 0 Å². The second kappa shape index (κ2) is 7.45. The summed E-state index contributed by atoms with van der Waals surface area (Å²) in [4.78, 5) is 10.6. The van der Waals surface area contributed by atoms with Gasteiger partial charge in [-0.1, -0.05) is 30.3 Å². The number of benzene rings is 2. The quantitative estimate of drug-likeness (QED) is 0.655. The molecule has 0 aliphatic carbocycles. The number of esters is 1. The van der Waals surface area contributed by atoms with Crippen molar-refractivity contribution in [2.75, 3.05) is 13.2 Å². The molecule has 0 aliphatic rings. The normalized spacial score (nSPS) is 10.2. The van der Waals surface area contributed by atoms with Gasteiger partial charge < -0.3 is 14.6 Å². The highest BCUT2D eigenvalue weighted by Gasteiger charge is 2.01. The van der Waals surface area contributed by atoms with Crippen LogP contribution < -0.4 is 4.74 Å². The molecule has 0 spiro atoms. The highest BCUT2D eigenvalue weighted by molar-refractivity contribution is 5.66. The van der Waals surface area contributed by atoms with Crippen LogP contribution in [-0.4, -0.2) is 24.3 Å². The Hall–Kier alpha value is -2.33. The van der Waals surface area contributed by atoms with Crippen LogP contribution in [0.3, 0.4) is 0 Å². The summed E-state index contributed by atoms with van der Waals surface area (Å²) in [6.45, 7) is 1.98. The molecule has 1 N–H and O–H groups in total. The molecule has 0 amide bonds. The summed E-state index contributed by atoms with van der Waals surface area (Å²) in [5, 5.41) is 9.16. The molecule has 0 heterocycles. The fourth-order valence-electron chi connectivity index (χ4n) is 1.94. The second-order valence-corrected chi connectivity index (χ2v) is 4.57. The summed E-state index contributed by atoms with van der Waals surface area (Å²) in [7, 11) is 0. The number of carbonyl (C=O) groups excluding carboxylic acids is 1. The molecule has 0 radical (unpaired) electrons. The Labute approximate surface area is 123 Å². The molecule has 2 aromatic rings. The van der Waals surface area contributed by atoms with Crippen molar-refractivity contribution in [3.63, 3.8) is 0 Å². The zero-order valence-corrected chi connectivity index (χ0v) is 11.9. The number of carbonyl (C=O) groups is 1. The van der Waals surface area contributed by atoms with E-state index < -0.39 is 0 Å². The molecule has 0 aromatic heterocycles. The minimum Gasteiger partial charge on any atom is -0.490 e. The van der Waals surface area contributed by atoms with E-state index in [4.69, 9.17) is 14.6 Å². The third-order valence-electron chi connectivity index (χ3n) is 2.95. The number of hydrogen-bond acceptors (Lipinski definition) is 4. The van der Waals surface area contributed by atoms with Gasteiger partial charge >= 0.3 is 5.97 Å². The van der Waals surface area contributed by atoms with E-state index in [-0.39, 0.29) is 19.2 Å². The zero-order valence-electron chi connectivity index (χ0n) is 11.9. The van der Waals surface area contributed by atoms with Crippen LogP contribution in [-0.2, 0) is 16.1 Å². The minimum absolute atomic E-state index is 0.0329. The van der Waals surface area contributed by atoms with E-state index in [1.807, 2.05) is 48.5 Å². The van der Waals surface area contributed by atoms with Gasteiger partial charge in [0.2, 0.25) is 0 Å². The van der Waals surface area contributed by atoms with Gasteiger partial charge in [0.15, 0.2) is 0 Å². The predicted octanol–water partition coefficient (Wildman–Crippen LogP) is 2.79. The second-order valence-electron chi connectivity index (χ2n) is 4.57. The van der Waals surface area contributed by atoms with Crippen molar-refractivity contribution in [2.45, 2.75) is 13.5 Å². The molecule has 0 saturated heterocycles. The molecule has 0 fully saturated rings. The summed E-state index contributed by atoms with van der Waals surface area (Å²) >= 11 is 0. The molecule has 2 aromatic carbocycles. The van der Waals surface area contributed by atoms with Crippen LogP contribution in [0, 0.1) is 0 Å². The minimum atomic E-state index is -0.308. The Morgan fingerprint density at radius 1 is 1.05 bits per heavy atom. The third-order valence-corrected chi connectivity index (χ3v) is 2.95. The monoisotopic (exact) mass is 286 g/mol. The maximum Gasteiger partial charge on any atom is 0.302 e. The van der Waals surface area contributed by atoms with Crippen molar-refractivity contribution in [3.8, 4) is 16.9 Å². The number of ether oxygens (including phenoxy) is 2. The van der Waals surface area contributed by atoms with Crippen LogP contribution in [0.5, 0.6) is 5.75 Å². The standard InChI is InChI=1S/C17H18O4/c1-13(19)20-9-10-21-17-7-5-15(6-8-17)16-4-2-3-14(11-16)12-18/h2-8,11,18H,9-10,12H2,1H3. The van der Waals surface area contributed by atoms with Crippen LogP contribution in [0.2, 0.25) is 0 Å². The summed E-state index contributed by atoms with van der Waals surface area (Å²) in [5.41, 5.74) is 2.99. The largest absolute Gasteiger partial charge is 0.490 e.